The van der Waals surface area contributed by atoms with Crippen molar-refractivity contribution in [3.63, 3.8) is 0 Å². The third-order valence-electron chi connectivity index (χ3n) is 1.75. The minimum absolute atomic E-state index is 0.0422. The van der Waals surface area contributed by atoms with Crippen LogP contribution in [0.2, 0.25) is 0 Å². The Morgan fingerprint density at radius 1 is 1.50 bits per heavy atom. The fraction of sp³-hybridized carbons (Fsp3) is 0.556. The minimum atomic E-state index is -0.495. The van der Waals surface area contributed by atoms with Crippen LogP contribution in [-0.2, 0) is 0 Å². The van der Waals surface area contributed by atoms with Gasteiger partial charge in [-0.05, 0) is 6.08 Å². The first-order chi connectivity index (χ1) is 6.52. The zero-order chi connectivity index (χ0) is 11.3. The van der Waals surface area contributed by atoms with Crippen molar-refractivity contribution in [2.75, 3.05) is 0 Å². The standard InChI is InChI=1S/C7H9ClN2O2.C2H6/c1-4-2-7(10(11)12)6(9)3-5(4)8;1-2/h2-5H,9H2,1H3;1-2H3. The van der Waals surface area contributed by atoms with Gasteiger partial charge < -0.3 is 5.73 Å². The van der Waals surface area contributed by atoms with E-state index in [1.165, 1.54) is 12.2 Å². The minimum Gasteiger partial charge on any atom is -0.393 e. The molecule has 0 saturated carbocycles. The lowest BCUT2D eigenvalue weighted by Crippen LogP contribution is -2.20. The Morgan fingerprint density at radius 3 is 2.43 bits per heavy atom. The van der Waals surface area contributed by atoms with Gasteiger partial charge in [-0.15, -0.1) is 11.6 Å². The van der Waals surface area contributed by atoms with E-state index >= 15 is 0 Å². The van der Waals surface area contributed by atoms with Gasteiger partial charge in [0.05, 0.1) is 10.3 Å². The van der Waals surface area contributed by atoms with Crippen LogP contribution in [0.1, 0.15) is 20.8 Å². The number of alkyl halides is 1. The van der Waals surface area contributed by atoms with Gasteiger partial charge >= 0.3 is 0 Å². The third-order valence-corrected chi connectivity index (χ3v) is 2.28. The van der Waals surface area contributed by atoms with Crippen LogP contribution in [0.15, 0.2) is 23.5 Å². The molecule has 0 amide bonds. The molecule has 1 aliphatic rings. The predicted molar refractivity (Wildman–Crippen MR) is 57.5 cm³/mol. The van der Waals surface area contributed by atoms with E-state index in [1.807, 2.05) is 20.8 Å². The molecular weight excluding hydrogens is 204 g/mol. The van der Waals surface area contributed by atoms with Crippen LogP contribution in [0, 0.1) is 16.0 Å². The van der Waals surface area contributed by atoms with Crippen LogP contribution >= 0.6 is 11.6 Å². The van der Waals surface area contributed by atoms with E-state index in [-0.39, 0.29) is 22.7 Å². The summed E-state index contributed by atoms with van der Waals surface area (Å²) < 4.78 is 0. The van der Waals surface area contributed by atoms with Crippen LogP contribution in [0.4, 0.5) is 0 Å². The first-order valence-corrected chi connectivity index (χ1v) is 4.94. The summed E-state index contributed by atoms with van der Waals surface area (Å²) in [5.74, 6) is -0.0423. The molecule has 0 aromatic carbocycles. The van der Waals surface area contributed by atoms with Crippen molar-refractivity contribution in [2.45, 2.75) is 26.1 Å². The lowest BCUT2D eigenvalue weighted by atomic mass is 9.99. The molecule has 5 heteroatoms. The van der Waals surface area contributed by atoms with Crippen molar-refractivity contribution in [2.24, 2.45) is 11.7 Å². The van der Waals surface area contributed by atoms with E-state index in [9.17, 15) is 10.1 Å². The van der Waals surface area contributed by atoms with Crippen molar-refractivity contribution in [3.05, 3.63) is 33.7 Å². The molecule has 0 bridgehead atoms. The highest BCUT2D eigenvalue weighted by Crippen LogP contribution is 2.24. The lowest BCUT2D eigenvalue weighted by molar-refractivity contribution is -0.421. The van der Waals surface area contributed by atoms with Crippen molar-refractivity contribution in [1.82, 2.24) is 0 Å². The number of rotatable bonds is 1. The highest BCUT2D eigenvalue weighted by Gasteiger charge is 2.25. The van der Waals surface area contributed by atoms with Gasteiger partial charge in [-0.1, -0.05) is 20.8 Å². The first kappa shape index (κ1) is 13.0. The van der Waals surface area contributed by atoms with Gasteiger partial charge in [0.2, 0.25) is 0 Å². The average Bonchev–Trinajstić information content (AvgIpc) is 2.14. The molecule has 2 N–H and O–H groups in total. The highest BCUT2D eigenvalue weighted by molar-refractivity contribution is 6.22. The van der Waals surface area contributed by atoms with Crippen LogP contribution < -0.4 is 5.73 Å². The van der Waals surface area contributed by atoms with Gasteiger partial charge in [0, 0.05) is 12.0 Å². The van der Waals surface area contributed by atoms with Crippen molar-refractivity contribution < 1.29 is 4.92 Å². The molecular formula is C9H15ClN2O2. The van der Waals surface area contributed by atoms with Crippen LogP contribution in [0.3, 0.4) is 0 Å². The molecule has 1 aliphatic carbocycles. The summed E-state index contributed by atoms with van der Waals surface area (Å²) in [6, 6.07) is 0. The van der Waals surface area contributed by atoms with Gasteiger partial charge in [-0.3, -0.25) is 10.1 Å². The lowest BCUT2D eigenvalue weighted by Gasteiger charge is -2.15. The smallest absolute Gasteiger partial charge is 0.288 e. The largest absolute Gasteiger partial charge is 0.393 e. The molecule has 0 fully saturated rings. The molecule has 0 aromatic rings. The van der Waals surface area contributed by atoms with Gasteiger partial charge in [-0.2, -0.15) is 0 Å². The quantitative estimate of drug-likeness (QED) is 0.417. The van der Waals surface area contributed by atoms with Crippen LogP contribution in [-0.4, -0.2) is 10.3 Å². The van der Waals surface area contributed by atoms with E-state index in [0.29, 0.717) is 0 Å². The summed E-state index contributed by atoms with van der Waals surface area (Å²) in [7, 11) is 0. The Balaban J connectivity index is 0.000000791. The van der Waals surface area contributed by atoms with Crippen molar-refractivity contribution in [1.29, 1.82) is 0 Å². The van der Waals surface area contributed by atoms with Gasteiger partial charge in [0.15, 0.2) is 0 Å². The summed E-state index contributed by atoms with van der Waals surface area (Å²) >= 11 is 5.81. The Hall–Kier alpha value is -1.03. The van der Waals surface area contributed by atoms with E-state index in [1.54, 1.807) is 0 Å². The summed E-state index contributed by atoms with van der Waals surface area (Å²) in [4.78, 5) is 9.90. The fourth-order valence-electron chi connectivity index (χ4n) is 1.01. The molecule has 0 aromatic heterocycles. The van der Waals surface area contributed by atoms with E-state index < -0.39 is 4.92 Å². The molecule has 4 nitrogen and oxygen atoms in total. The maximum Gasteiger partial charge on any atom is 0.288 e. The Bertz CT molecular complexity index is 274. The summed E-state index contributed by atoms with van der Waals surface area (Å²) in [5.41, 5.74) is 5.51. The zero-order valence-corrected chi connectivity index (χ0v) is 9.28. The molecule has 2 unspecified atom stereocenters. The Morgan fingerprint density at radius 2 is 2.00 bits per heavy atom. The van der Waals surface area contributed by atoms with Crippen LogP contribution in [0.5, 0.6) is 0 Å². The molecule has 0 aliphatic heterocycles. The molecule has 0 heterocycles. The highest BCUT2D eigenvalue weighted by atomic mass is 35.5. The monoisotopic (exact) mass is 218 g/mol. The number of nitrogens with zero attached hydrogens (tertiary/aromatic N) is 1. The van der Waals surface area contributed by atoms with E-state index in [2.05, 4.69) is 0 Å². The van der Waals surface area contributed by atoms with E-state index in [0.717, 1.165) is 0 Å². The number of hydrogen-bond donors (Lipinski definition) is 1. The van der Waals surface area contributed by atoms with Gasteiger partial charge in [0.1, 0.15) is 5.70 Å². The average molecular weight is 219 g/mol. The maximum absolute atomic E-state index is 10.4. The van der Waals surface area contributed by atoms with E-state index in [4.69, 9.17) is 17.3 Å². The summed E-state index contributed by atoms with van der Waals surface area (Å²) in [5, 5.41) is 10.1. The van der Waals surface area contributed by atoms with Gasteiger partial charge in [-0.25, -0.2) is 0 Å². The van der Waals surface area contributed by atoms with Crippen molar-refractivity contribution >= 4 is 11.6 Å². The Labute approximate surface area is 88.6 Å². The third kappa shape index (κ3) is 3.03. The maximum atomic E-state index is 10.4. The molecule has 1 rings (SSSR count). The molecule has 0 saturated heterocycles. The molecule has 0 radical (unpaired) electrons. The number of halogens is 1. The SMILES string of the molecule is CC.CC1C=C([N+](=O)[O-])C(N)=CC1Cl. The predicted octanol–water partition coefficient (Wildman–Crippen LogP) is 2.27. The molecule has 80 valence electrons. The number of nitrogens with two attached hydrogens (primary N) is 1. The van der Waals surface area contributed by atoms with Gasteiger partial charge in [0.25, 0.3) is 5.70 Å². The molecule has 0 spiro atoms. The number of allylic oxidation sites excluding steroid dienone is 2. The fourth-order valence-corrected chi connectivity index (χ4v) is 1.22. The van der Waals surface area contributed by atoms with Crippen LogP contribution in [0.25, 0.3) is 0 Å². The Kier molecular flexibility index (Phi) is 5.23. The molecule has 2 atom stereocenters. The number of nitro groups is 1. The number of hydrogen-bond acceptors (Lipinski definition) is 3. The zero-order valence-electron chi connectivity index (χ0n) is 8.53. The summed E-state index contributed by atoms with van der Waals surface area (Å²) in [6.07, 6.45) is 2.98. The second-order valence-electron chi connectivity index (χ2n) is 2.73. The second kappa shape index (κ2) is 5.65. The first-order valence-electron chi connectivity index (χ1n) is 4.50. The molecule has 14 heavy (non-hydrogen) atoms. The topological polar surface area (TPSA) is 69.2 Å². The summed E-state index contributed by atoms with van der Waals surface area (Å²) in [6.45, 7) is 5.81. The normalized spacial score (nSPS) is 25.4. The second-order valence-corrected chi connectivity index (χ2v) is 3.24. The van der Waals surface area contributed by atoms with Crippen molar-refractivity contribution in [3.8, 4) is 0 Å².